The van der Waals surface area contributed by atoms with Crippen molar-refractivity contribution in [2.45, 2.75) is 210 Å². The fourth-order valence-corrected chi connectivity index (χ4v) is 6.89. The number of halogens is 3. The number of carboxylic acids is 1. The summed E-state index contributed by atoms with van der Waals surface area (Å²) in [5, 5.41) is 13.0. The SMILES string of the molecule is CC(C)c1cccc(C(C)C)c1OC(=O)CCl.CC(C)c1cccc(C(C)C)c1OC(=O)COC(=O)[C@@H](C)N.CC(C)c1cccc(C(C)C)c1OC(=O)COC(=O)[C@@H](C)NC(=O)OC(C)(C)C.C[C@@H](NC(=O)OC(C)(C)C)C(=O)O.Cl.Cl. The first-order valence-corrected chi connectivity index (χ1v) is 27.6. The Hall–Kier alpha value is -6.15. The molecule has 0 fully saturated rings. The Labute approximate surface area is 509 Å². The summed E-state index contributed by atoms with van der Waals surface area (Å²) >= 11 is 5.49. The van der Waals surface area contributed by atoms with Gasteiger partial charge in [-0.1, -0.05) is 138 Å². The number of hydrogen-bond donors (Lipinski definition) is 4. The van der Waals surface area contributed by atoms with Crippen LogP contribution in [0.4, 0.5) is 9.59 Å². The van der Waals surface area contributed by atoms with Gasteiger partial charge in [-0.05, 0) is 131 Å². The number of hydrogen-bond acceptors (Lipinski definition) is 16. The number of amides is 2. The first-order chi connectivity index (χ1) is 37.2. The lowest BCUT2D eigenvalue weighted by molar-refractivity contribution is -0.154. The lowest BCUT2D eigenvalue weighted by Crippen LogP contribution is -2.42. The smallest absolute Gasteiger partial charge is 0.408 e. The number of ether oxygens (including phenoxy) is 7. The Bertz CT molecular complexity index is 2470. The van der Waals surface area contributed by atoms with E-state index in [2.05, 4.69) is 38.3 Å². The molecule has 0 aliphatic rings. The lowest BCUT2D eigenvalue weighted by Gasteiger charge is -2.21. The Kier molecular flexibility index (Phi) is 37.8. The van der Waals surface area contributed by atoms with Gasteiger partial charge < -0.3 is 54.6 Å². The molecule has 22 heteroatoms. The highest BCUT2D eigenvalue weighted by Gasteiger charge is 2.26. The zero-order valence-corrected chi connectivity index (χ0v) is 54.7. The van der Waals surface area contributed by atoms with E-state index in [4.69, 9.17) is 55.6 Å². The zero-order chi connectivity index (χ0) is 62.9. The number of alkyl carbamates (subject to hydrolysis) is 2. The number of rotatable bonds is 19. The molecule has 3 rings (SSSR count). The number of benzene rings is 3. The minimum atomic E-state index is -1.09. The molecule has 0 heterocycles. The number of alkyl halides is 1. The van der Waals surface area contributed by atoms with Gasteiger partial charge in [0.2, 0.25) is 0 Å². The monoisotopic (exact) mass is 1230 g/mol. The van der Waals surface area contributed by atoms with Crippen molar-refractivity contribution in [2.24, 2.45) is 5.73 Å². The van der Waals surface area contributed by atoms with Gasteiger partial charge in [-0.3, -0.25) is 14.4 Å². The summed E-state index contributed by atoms with van der Waals surface area (Å²) in [6.07, 6.45) is -1.46. The molecule has 0 aromatic heterocycles. The predicted molar refractivity (Wildman–Crippen MR) is 327 cm³/mol. The molecule has 0 bridgehead atoms. The molecule has 83 heavy (non-hydrogen) atoms. The van der Waals surface area contributed by atoms with Crippen LogP contribution in [0.1, 0.15) is 214 Å². The van der Waals surface area contributed by atoms with E-state index in [1.54, 1.807) is 41.5 Å². The molecule has 470 valence electrons. The van der Waals surface area contributed by atoms with Crippen LogP contribution in [0, 0.1) is 0 Å². The second-order valence-electron chi connectivity index (χ2n) is 22.9. The van der Waals surface area contributed by atoms with Crippen LogP contribution in [-0.4, -0.2) is 102 Å². The van der Waals surface area contributed by atoms with Crippen molar-refractivity contribution in [2.75, 3.05) is 19.1 Å². The van der Waals surface area contributed by atoms with Crippen molar-refractivity contribution >= 4 is 84.4 Å². The first kappa shape index (κ1) is 81.1. The van der Waals surface area contributed by atoms with Crippen molar-refractivity contribution in [3.05, 3.63) is 88.0 Å². The van der Waals surface area contributed by atoms with Crippen LogP contribution in [0.5, 0.6) is 17.2 Å². The van der Waals surface area contributed by atoms with E-state index in [9.17, 15) is 38.4 Å². The second-order valence-corrected chi connectivity index (χ2v) is 23.1. The number of nitrogens with one attached hydrogen (secondary N) is 2. The molecule has 5 N–H and O–H groups in total. The third-order valence-electron chi connectivity index (χ3n) is 10.9. The van der Waals surface area contributed by atoms with Gasteiger partial charge in [0.1, 0.15) is 52.5 Å². The van der Waals surface area contributed by atoms with Crippen LogP contribution >= 0.6 is 36.4 Å². The fourth-order valence-electron chi connectivity index (χ4n) is 6.84. The molecular weight excluding hydrogens is 1140 g/mol. The summed E-state index contributed by atoms with van der Waals surface area (Å²) in [7, 11) is 0. The molecule has 0 saturated carbocycles. The lowest BCUT2D eigenvalue weighted by atomic mass is 9.94. The molecule has 19 nitrogen and oxygen atoms in total. The van der Waals surface area contributed by atoms with Crippen LogP contribution in [0.2, 0.25) is 0 Å². The summed E-state index contributed by atoms with van der Waals surface area (Å²) in [4.78, 5) is 92.0. The van der Waals surface area contributed by atoms with Gasteiger partial charge in [0.15, 0.2) is 13.2 Å². The molecule has 3 aromatic carbocycles. The Morgan fingerprint density at radius 2 is 0.711 bits per heavy atom. The number of nitrogens with two attached hydrogens (primary N) is 1. The highest BCUT2D eigenvalue weighted by molar-refractivity contribution is 6.26. The Morgan fingerprint density at radius 3 is 0.940 bits per heavy atom. The maximum Gasteiger partial charge on any atom is 0.408 e. The average Bonchev–Trinajstić information content (AvgIpc) is 3.33. The van der Waals surface area contributed by atoms with Crippen molar-refractivity contribution in [3.8, 4) is 17.2 Å². The summed E-state index contributed by atoms with van der Waals surface area (Å²) in [5.74, 6) is -1.14. The van der Waals surface area contributed by atoms with Crippen LogP contribution < -0.4 is 30.6 Å². The maximum atomic E-state index is 12.3. The molecule has 0 spiro atoms. The van der Waals surface area contributed by atoms with E-state index in [1.165, 1.54) is 20.8 Å². The highest BCUT2D eigenvalue weighted by atomic mass is 35.5. The normalized spacial score (nSPS) is 12.0. The van der Waals surface area contributed by atoms with Gasteiger partial charge in [0.25, 0.3) is 0 Å². The molecular formula is C61H94Cl3N3O16. The van der Waals surface area contributed by atoms with Crippen LogP contribution in [0.3, 0.4) is 0 Å². The van der Waals surface area contributed by atoms with Gasteiger partial charge >= 0.3 is 48.0 Å². The number of esters is 5. The van der Waals surface area contributed by atoms with Crippen molar-refractivity contribution < 1.29 is 76.6 Å². The third kappa shape index (κ3) is 31.9. The van der Waals surface area contributed by atoms with Gasteiger partial charge in [0.05, 0.1) is 0 Å². The molecule has 0 unspecified atom stereocenters. The maximum absolute atomic E-state index is 12.3. The minimum absolute atomic E-state index is 0. The van der Waals surface area contributed by atoms with Crippen LogP contribution in [0.15, 0.2) is 54.6 Å². The van der Waals surface area contributed by atoms with E-state index in [0.717, 1.165) is 33.4 Å². The van der Waals surface area contributed by atoms with Crippen molar-refractivity contribution in [1.29, 1.82) is 0 Å². The summed E-state index contributed by atoms with van der Waals surface area (Å²) in [6.45, 7) is 38.1. The van der Waals surface area contributed by atoms with E-state index in [0.29, 0.717) is 29.1 Å². The molecule has 3 atom stereocenters. The fraction of sp³-hybridized carbons (Fsp3) is 0.574. The largest absolute Gasteiger partial charge is 0.480 e. The molecule has 3 aromatic rings. The average molecular weight is 1230 g/mol. The number of carboxylic acid groups (broad SMARTS) is 1. The number of carbonyl (C=O) groups excluding carboxylic acids is 7. The van der Waals surface area contributed by atoms with Gasteiger partial charge in [-0.2, -0.15) is 0 Å². The van der Waals surface area contributed by atoms with Gasteiger partial charge in [-0.25, -0.2) is 24.0 Å². The second kappa shape index (κ2) is 38.7. The van der Waals surface area contributed by atoms with E-state index < -0.39 is 90.5 Å². The van der Waals surface area contributed by atoms with E-state index >= 15 is 0 Å². The van der Waals surface area contributed by atoms with Crippen LogP contribution in [0.25, 0.3) is 0 Å². The minimum Gasteiger partial charge on any atom is -0.480 e. The van der Waals surface area contributed by atoms with E-state index in [1.807, 2.05) is 110 Å². The number of aliphatic carboxylic acids is 1. The summed E-state index contributed by atoms with van der Waals surface area (Å²) < 4.78 is 36.1. The Balaban J connectivity index is -0.00000106. The predicted octanol–water partition coefficient (Wildman–Crippen LogP) is 12.9. The first-order valence-electron chi connectivity index (χ1n) is 27.1. The standard InChI is InChI=1S/C22H33NO6.C17H25NO4.C14H19ClO2.C8H15NO4.2ClH/c1-13(2)16-10-9-11-17(14(3)4)19(16)28-18(24)12-27-20(25)15(5)23-21(26)29-22(6,7)8;1-10(2)13-7-6-8-14(11(3)4)16(13)22-15(19)9-21-17(20)12(5)18;1-9(2)11-6-5-7-12(10(3)4)14(11)17-13(16)8-15;1-5(6(10)11)9-7(12)13-8(2,3)4;;/h9-11,13-15H,12H2,1-8H3,(H,23,26);6-8,10-12H,9,18H2,1-5H3;5-7,9-10H,8H2,1-4H3;5H,1-4H3,(H,9,12)(H,10,11);2*1H/t15-;12-;;5-;;/m11.1../s1. The third-order valence-corrected chi connectivity index (χ3v) is 11.2. The Morgan fingerprint density at radius 1 is 0.458 bits per heavy atom. The summed E-state index contributed by atoms with van der Waals surface area (Å²) in [6, 6.07) is 14.9. The van der Waals surface area contributed by atoms with Gasteiger partial charge in [0, 0.05) is 0 Å². The highest BCUT2D eigenvalue weighted by Crippen LogP contribution is 2.37. The number of carbonyl (C=O) groups is 8. The van der Waals surface area contributed by atoms with Crippen molar-refractivity contribution in [3.63, 3.8) is 0 Å². The van der Waals surface area contributed by atoms with E-state index in [-0.39, 0.29) is 54.4 Å². The molecule has 0 radical (unpaired) electrons. The molecule has 2 amide bonds. The molecule has 0 aliphatic carbocycles. The zero-order valence-electron chi connectivity index (χ0n) is 52.4. The number of para-hydroxylation sites is 3. The van der Waals surface area contributed by atoms with Gasteiger partial charge in [-0.15, -0.1) is 36.4 Å². The summed E-state index contributed by atoms with van der Waals surface area (Å²) in [5.41, 5.74) is 9.92. The molecule has 0 saturated heterocycles. The quantitative estimate of drug-likeness (QED) is 0.0376. The van der Waals surface area contributed by atoms with Crippen LogP contribution in [-0.2, 0) is 47.7 Å². The topological polar surface area (TPSA) is 271 Å². The van der Waals surface area contributed by atoms with Crippen molar-refractivity contribution in [1.82, 2.24) is 10.6 Å². The molecule has 0 aliphatic heterocycles.